The molecule has 1 heterocycles. The number of hydrogen-bond acceptors (Lipinski definition) is 3. The molecule has 0 aromatic carbocycles. The normalized spacial score (nSPS) is 21.2. The standard InChI is InChI=1S/C11H13NO2/c1-6(13)10-9(7-2-3-7)12-11(14-10)8-4-5-8/h7-8H,2-5H2,1H3. The zero-order chi connectivity index (χ0) is 9.71. The van der Waals surface area contributed by atoms with Gasteiger partial charge >= 0.3 is 0 Å². The summed E-state index contributed by atoms with van der Waals surface area (Å²) in [7, 11) is 0. The lowest BCUT2D eigenvalue weighted by Crippen LogP contribution is -1.94. The zero-order valence-electron chi connectivity index (χ0n) is 8.25. The number of rotatable bonds is 3. The first kappa shape index (κ1) is 8.21. The molecule has 3 heteroatoms. The van der Waals surface area contributed by atoms with Crippen LogP contribution in [-0.2, 0) is 0 Å². The number of Topliss-reactive ketones (excluding diaryl/α,β-unsaturated/α-hetero) is 1. The average molecular weight is 191 g/mol. The van der Waals surface area contributed by atoms with Crippen molar-refractivity contribution >= 4 is 5.78 Å². The molecule has 0 N–H and O–H groups in total. The van der Waals surface area contributed by atoms with E-state index in [1.54, 1.807) is 6.92 Å². The molecule has 74 valence electrons. The van der Waals surface area contributed by atoms with Crippen LogP contribution in [0.2, 0.25) is 0 Å². The van der Waals surface area contributed by atoms with Gasteiger partial charge in [0.05, 0.1) is 5.69 Å². The van der Waals surface area contributed by atoms with Gasteiger partial charge < -0.3 is 4.42 Å². The summed E-state index contributed by atoms with van der Waals surface area (Å²) < 4.78 is 5.54. The summed E-state index contributed by atoms with van der Waals surface area (Å²) in [5.74, 6) is 2.35. The fraction of sp³-hybridized carbons (Fsp3) is 0.636. The predicted octanol–water partition coefficient (Wildman–Crippen LogP) is 2.63. The molecule has 0 saturated heterocycles. The third-order valence-corrected chi connectivity index (χ3v) is 2.88. The van der Waals surface area contributed by atoms with E-state index in [9.17, 15) is 4.79 Å². The number of aromatic nitrogens is 1. The second kappa shape index (κ2) is 2.69. The Balaban J connectivity index is 2.01. The van der Waals surface area contributed by atoms with Gasteiger partial charge in [-0.3, -0.25) is 4.79 Å². The Labute approximate surface area is 82.5 Å². The molecule has 3 nitrogen and oxygen atoms in total. The van der Waals surface area contributed by atoms with Crippen LogP contribution in [0.25, 0.3) is 0 Å². The quantitative estimate of drug-likeness (QED) is 0.690. The Morgan fingerprint density at radius 3 is 2.43 bits per heavy atom. The van der Waals surface area contributed by atoms with Crippen molar-refractivity contribution in [3.63, 3.8) is 0 Å². The molecule has 0 amide bonds. The van der Waals surface area contributed by atoms with Gasteiger partial charge in [0.1, 0.15) is 0 Å². The van der Waals surface area contributed by atoms with Crippen LogP contribution in [0.15, 0.2) is 4.42 Å². The third-order valence-electron chi connectivity index (χ3n) is 2.88. The predicted molar refractivity (Wildman–Crippen MR) is 50.5 cm³/mol. The molecule has 2 saturated carbocycles. The van der Waals surface area contributed by atoms with Crippen LogP contribution < -0.4 is 0 Å². The fourth-order valence-corrected chi connectivity index (χ4v) is 1.74. The molecule has 0 spiro atoms. The van der Waals surface area contributed by atoms with E-state index in [0.717, 1.165) is 24.4 Å². The molecule has 0 bridgehead atoms. The lowest BCUT2D eigenvalue weighted by Gasteiger charge is -1.91. The first-order chi connectivity index (χ1) is 6.75. The Bertz CT molecular complexity index is 386. The second-order valence-corrected chi connectivity index (χ2v) is 4.37. The van der Waals surface area contributed by atoms with Gasteiger partial charge in [0.25, 0.3) is 0 Å². The van der Waals surface area contributed by atoms with Crippen molar-refractivity contribution < 1.29 is 9.21 Å². The van der Waals surface area contributed by atoms with Gasteiger partial charge in [-0.2, -0.15) is 0 Å². The summed E-state index contributed by atoms with van der Waals surface area (Å²) in [6.07, 6.45) is 4.66. The lowest BCUT2D eigenvalue weighted by atomic mass is 10.2. The number of carbonyl (C=O) groups excluding carboxylic acids is 1. The molecular weight excluding hydrogens is 178 g/mol. The van der Waals surface area contributed by atoms with Crippen LogP contribution >= 0.6 is 0 Å². The molecule has 2 aliphatic rings. The molecule has 0 radical (unpaired) electrons. The Morgan fingerprint density at radius 1 is 1.29 bits per heavy atom. The maximum Gasteiger partial charge on any atom is 0.198 e. The Kier molecular flexibility index (Phi) is 1.58. The van der Waals surface area contributed by atoms with Crippen LogP contribution in [0.1, 0.15) is 66.6 Å². The molecule has 14 heavy (non-hydrogen) atoms. The third kappa shape index (κ3) is 1.27. The monoisotopic (exact) mass is 191 g/mol. The van der Waals surface area contributed by atoms with Crippen molar-refractivity contribution in [2.45, 2.75) is 44.4 Å². The first-order valence-corrected chi connectivity index (χ1v) is 5.27. The molecule has 0 aliphatic heterocycles. The van der Waals surface area contributed by atoms with Crippen LogP contribution in [0.3, 0.4) is 0 Å². The molecule has 2 fully saturated rings. The van der Waals surface area contributed by atoms with Crippen molar-refractivity contribution in [1.82, 2.24) is 4.98 Å². The minimum absolute atomic E-state index is 0.0197. The topological polar surface area (TPSA) is 43.1 Å². The van der Waals surface area contributed by atoms with E-state index < -0.39 is 0 Å². The Hall–Kier alpha value is -1.12. The molecule has 1 aromatic rings. The largest absolute Gasteiger partial charge is 0.437 e. The highest BCUT2D eigenvalue weighted by atomic mass is 16.4. The van der Waals surface area contributed by atoms with Gasteiger partial charge in [-0.25, -0.2) is 4.98 Å². The fourth-order valence-electron chi connectivity index (χ4n) is 1.74. The van der Waals surface area contributed by atoms with E-state index in [4.69, 9.17) is 4.42 Å². The maximum absolute atomic E-state index is 11.3. The summed E-state index contributed by atoms with van der Waals surface area (Å²) in [5, 5.41) is 0. The van der Waals surface area contributed by atoms with Gasteiger partial charge in [-0.15, -0.1) is 0 Å². The van der Waals surface area contributed by atoms with E-state index in [2.05, 4.69) is 4.98 Å². The van der Waals surface area contributed by atoms with Crippen molar-refractivity contribution in [2.75, 3.05) is 0 Å². The first-order valence-electron chi connectivity index (χ1n) is 5.27. The van der Waals surface area contributed by atoms with Crippen molar-refractivity contribution in [3.8, 4) is 0 Å². The SMILES string of the molecule is CC(=O)c1oc(C2CC2)nc1C1CC1. The molecule has 3 rings (SSSR count). The number of carbonyl (C=O) groups is 1. The van der Waals surface area contributed by atoms with Gasteiger partial charge in [-0.1, -0.05) is 0 Å². The van der Waals surface area contributed by atoms with Crippen LogP contribution in [0.5, 0.6) is 0 Å². The van der Waals surface area contributed by atoms with Crippen molar-refractivity contribution in [2.24, 2.45) is 0 Å². The van der Waals surface area contributed by atoms with Crippen LogP contribution in [0.4, 0.5) is 0 Å². The summed E-state index contributed by atoms with van der Waals surface area (Å²) in [6.45, 7) is 1.56. The van der Waals surface area contributed by atoms with Crippen LogP contribution in [-0.4, -0.2) is 10.8 Å². The highest BCUT2D eigenvalue weighted by Crippen LogP contribution is 2.45. The van der Waals surface area contributed by atoms with Crippen LogP contribution in [0, 0.1) is 0 Å². The van der Waals surface area contributed by atoms with Gasteiger partial charge in [0, 0.05) is 18.8 Å². The van der Waals surface area contributed by atoms with Gasteiger partial charge in [0.2, 0.25) is 0 Å². The Morgan fingerprint density at radius 2 is 1.93 bits per heavy atom. The second-order valence-electron chi connectivity index (χ2n) is 4.37. The van der Waals surface area contributed by atoms with E-state index in [1.165, 1.54) is 12.8 Å². The number of ketones is 1. The van der Waals surface area contributed by atoms with Gasteiger partial charge in [0.15, 0.2) is 17.4 Å². The molecule has 0 unspecified atom stereocenters. The van der Waals surface area contributed by atoms with Gasteiger partial charge in [-0.05, 0) is 25.7 Å². The van der Waals surface area contributed by atoms with E-state index in [-0.39, 0.29) is 5.78 Å². The minimum Gasteiger partial charge on any atom is -0.437 e. The summed E-state index contributed by atoms with van der Waals surface area (Å²) in [5.41, 5.74) is 0.930. The number of oxazole rings is 1. The minimum atomic E-state index is 0.0197. The zero-order valence-corrected chi connectivity index (χ0v) is 8.25. The summed E-state index contributed by atoms with van der Waals surface area (Å²) >= 11 is 0. The highest BCUT2D eigenvalue weighted by molar-refractivity contribution is 5.92. The lowest BCUT2D eigenvalue weighted by molar-refractivity contribution is 0.0984. The smallest absolute Gasteiger partial charge is 0.198 e. The average Bonchev–Trinajstić information content (AvgIpc) is 3.03. The summed E-state index contributed by atoms with van der Waals surface area (Å²) in [4.78, 5) is 15.8. The molecule has 0 atom stereocenters. The molecule has 2 aliphatic carbocycles. The summed E-state index contributed by atoms with van der Waals surface area (Å²) in [6, 6.07) is 0. The van der Waals surface area contributed by atoms with Crippen molar-refractivity contribution in [1.29, 1.82) is 0 Å². The van der Waals surface area contributed by atoms with E-state index >= 15 is 0 Å². The molecule has 1 aromatic heterocycles. The number of nitrogens with zero attached hydrogens (tertiary/aromatic N) is 1. The molecular formula is C11H13NO2. The highest BCUT2D eigenvalue weighted by Gasteiger charge is 2.36. The van der Waals surface area contributed by atoms with E-state index in [0.29, 0.717) is 17.6 Å². The number of hydrogen-bond donors (Lipinski definition) is 0. The maximum atomic E-state index is 11.3. The van der Waals surface area contributed by atoms with Crippen molar-refractivity contribution in [3.05, 3.63) is 17.3 Å². The van der Waals surface area contributed by atoms with E-state index in [1.807, 2.05) is 0 Å².